The first kappa shape index (κ1) is 60.0. The molecule has 64 heavy (non-hydrogen) atoms. The van der Waals surface area contributed by atoms with E-state index in [1.807, 2.05) is 0 Å². The van der Waals surface area contributed by atoms with Gasteiger partial charge in [-0.2, -0.15) is 0 Å². The predicted octanol–water partition coefficient (Wildman–Crippen LogP) is 21.0. The van der Waals surface area contributed by atoms with Gasteiger partial charge < -0.3 is 0 Å². The summed E-state index contributed by atoms with van der Waals surface area (Å²) >= 11 is 0. The Morgan fingerprint density at radius 1 is 0.344 bits per heavy atom. The van der Waals surface area contributed by atoms with Gasteiger partial charge in [0.15, 0.2) is 0 Å². The van der Waals surface area contributed by atoms with E-state index < -0.39 is 0 Å². The topological polar surface area (TPSA) is 24.7 Å². The maximum absolute atomic E-state index is 5.58. The number of hydrogen-bond donors (Lipinski definition) is 0. The Hall–Kier alpha value is -1.99. The fraction of sp³-hybridized carbons (Fsp3) is 0.738. The van der Waals surface area contributed by atoms with Crippen LogP contribution in [0.2, 0.25) is 0 Å². The normalized spacial score (nSPS) is 12.2. The average Bonchev–Trinajstić information content (AvgIpc) is 3.28. The van der Waals surface area contributed by atoms with Crippen LogP contribution in [0.3, 0.4) is 0 Å². The third-order valence-electron chi connectivity index (χ3n) is 13.2. The molecule has 0 radical (unpaired) electrons. The molecule has 2 nitrogen and oxygen atoms in total. The maximum Gasteiger partial charge on any atom is 0.0848 e. The van der Waals surface area contributed by atoms with E-state index in [2.05, 4.69) is 90.1 Å². The summed E-state index contributed by atoms with van der Waals surface area (Å²) in [5.41, 5.74) is 10.3. The molecule has 0 saturated carbocycles. The van der Waals surface area contributed by atoms with E-state index in [9.17, 15) is 0 Å². The zero-order chi connectivity index (χ0) is 45.3. The molecule has 0 bridgehead atoms. The van der Waals surface area contributed by atoms with Crippen molar-refractivity contribution in [2.24, 2.45) is 9.98 Å². The van der Waals surface area contributed by atoms with E-state index in [0.717, 1.165) is 74.2 Å². The SMILES string of the molecule is CCCCCCCCCCCCCCCCCCCCC/C=C/C(=N\c1cc(CCCCC)cc(CCCCC)c1)C(/CCCC)=N/c1cc(CCCCC)cc(CCCCC)c1.[Ni]. The van der Waals surface area contributed by atoms with Crippen molar-refractivity contribution in [1.82, 2.24) is 0 Å². The van der Waals surface area contributed by atoms with Crippen molar-refractivity contribution >= 4 is 22.8 Å². The second-order valence-electron chi connectivity index (χ2n) is 19.6. The van der Waals surface area contributed by atoms with E-state index >= 15 is 0 Å². The van der Waals surface area contributed by atoms with Crippen molar-refractivity contribution in [3.05, 3.63) is 70.8 Å². The fourth-order valence-corrected chi connectivity index (χ4v) is 9.12. The molecule has 0 atom stereocenters. The zero-order valence-electron chi connectivity index (χ0n) is 43.4. The van der Waals surface area contributed by atoms with E-state index in [1.165, 1.54) is 221 Å². The predicted molar refractivity (Wildman–Crippen MR) is 287 cm³/mol. The zero-order valence-corrected chi connectivity index (χ0v) is 44.4. The molecule has 0 saturated heterocycles. The van der Waals surface area contributed by atoms with Gasteiger partial charge in [0, 0.05) is 16.5 Å². The van der Waals surface area contributed by atoms with Crippen molar-refractivity contribution in [3.8, 4) is 0 Å². The van der Waals surface area contributed by atoms with Crippen LogP contribution in [-0.2, 0) is 42.2 Å². The Bertz CT molecular complexity index is 1400. The molecule has 0 aliphatic carbocycles. The van der Waals surface area contributed by atoms with Gasteiger partial charge in [-0.25, -0.2) is 4.99 Å². The number of allylic oxidation sites excluding steroid dienone is 2. The van der Waals surface area contributed by atoms with Gasteiger partial charge in [0.05, 0.1) is 22.8 Å². The van der Waals surface area contributed by atoms with Gasteiger partial charge >= 0.3 is 0 Å². The first-order chi connectivity index (χ1) is 31.1. The molecule has 0 aliphatic rings. The number of benzene rings is 2. The molecule has 2 rings (SSSR count). The van der Waals surface area contributed by atoms with Gasteiger partial charge in [-0.1, -0.05) is 233 Å². The summed E-state index contributed by atoms with van der Waals surface area (Å²) in [7, 11) is 0. The molecular formula is C61H104N2Ni. The summed E-state index contributed by atoms with van der Waals surface area (Å²) in [6.45, 7) is 13.9. The molecule has 0 spiro atoms. The van der Waals surface area contributed by atoms with Gasteiger partial charge in [-0.3, -0.25) is 4.99 Å². The second-order valence-corrected chi connectivity index (χ2v) is 19.6. The molecule has 0 aromatic heterocycles. The Morgan fingerprint density at radius 2 is 0.641 bits per heavy atom. The van der Waals surface area contributed by atoms with Crippen molar-refractivity contribution in [3.63, 3.8) is 0 Å². The first-order valence-electron chi connectivity index (χ1n) is 28.1. The Balaban J connectivity index is 0.0000205. The summed E-state index contributed by atoms with van der Waals surface area (Å²) in [6.07, 6.45) is 56.0. The average molecular weight is 924 g/mol. The van der Waals surface area contributed by atoms with Crippen molar-refractivity contribution in [2.45, 2.75) is 292 Å². The van der Waals surface area contributed by atoms with Crippen LogP contribution in [0.25, 0.3) is 0 Å². The van der Waals surface area contributed by atoms with Crippen LogP contribution >= 0.6 is 0 Å². The van der Waals surface area contributed by atoms with Crippen LogP contribution in [0, 0.1) is 0 Å². The first-order valence-corrected chi connectivity index (χ1v) is 28.1. The third kappa shape index (κ3) is 31.8. The van der Waals surface area contributed by atoms with Crippen LogP contribution in [-0.4, -0.2) is 11.4 Å². The minimum Gasteiger partial charge on any atom is -0.251 e. The standard InChI is InChI=1S/C61H104N2.Ni/c1-7-13-19-20-21-22-23-24-25-26-27-28-29-30-31-32-33-34-35-36-41-47-61(63-59-52-56(44-39-16-10-4)49-57(53-59)45-40-17-11-5)60(46-18-12-6)62-58-50-54(42-37-14-8-2)48-55(51-58)43-38-15-9-3;/h41,47-53H,7-40,42-46H2,1-6H3;/b47-41+,62-60+,63-61+;. The Morgan fingerprint density at radius 3 is 0.984 bits per heavy atom. The van der Waals surface area contributed by atoms with E-state index in [-0.39, 0.29) is 16.5 Å². The molecule has 0 heterocycles. The molecule has 3 heteroatoms. The summed E-state index contributed by atoms with van der Waals surface area (Å²) in [5.74, 6) is 0. The molecule has 0 aliphatic heterocycles. The molecule has 2 aromatic carbocycles. The molecule has 0 unspecified atom stereocenters. The van der Waals surface area contributed by atoms with E-state index in [4.69, 9.17) is 9.98 Å². The second kappa shape index (κ2) is 43.6. The third-order valence-corrected chi connectivity index (χ3v) is 13.2. The molecule has 2 aromatic rings. The van der Waals surface area contributed by atoms with Crippen LogP contribution in [0.15, 0.2) is 58.5 Å². The van der Waals surface area contributed by atoms with Crippen molar-refractivity contribution < 1.29 is 16.5 Å². The number of nitrogens with zero attached hydrogens (tertiary/aromatic N) is 2. The van der Waals surface area contributed by atoms with Crippen molar-refractivity contribution in [2.75, 3.05) is 0 Å². The number of rotatable bonds is 43. The van der Waals surface area contributed by atoms with Crippen LogP contribution < -0.4 is 0 Å². The number of hydrogen-bond acceptors (Lipinski definition) is 2. The van der Waals surface area contributed by atoms with Crippen LogP contribution in [0.4, 0.5) is 11.4 Å². The smallest absolute Gasteiger partial charge is 0.0848 e. The number of unbranched alkanes of at least 4 members (excludes halogenated alkanes) is 28. The summed E-state index contributed by atoms with van der Waals surface area (Å²) in [5, 5.41) is 0. The quantitative estimate of drug-likeness (QED) is 0.0360. The van der Waals surface area contributed by atoms with Gasteiger partial charge in [0.1, 0.15) is 0 Å². The molecule has 0 fully saturated rings. The van der Waals surface area contributed by atoms with Crippen LogP contribution in [0.5, 0.6) is 0 Å². The Labute approximate surface area is 410 Å². The minimum absolute atomic E-state index is 0. The molecule has 368 valence electrons. The van der Waals surface area contributed by atoms with Gasteiger partial charge in [0.2, 0.25) is 0 Å². The minimum atomic E-state index is 0. The van der Waals surface area contributed by atoms with Gasteiger partial charge in [-0.15, -0.1) is 0 Å². The fourth-order valence-electron chi connectivity index (χ4n) is 9.12. The van der Waals surface area contributed by atoms with Crippen LogP contribution in [0.1, 0.15) is 289 Å². The van der Waals surface area contributed by atoms with Gasteiger partial charge in [0.25, 0.3) is 0 Å². The van der Waals surface area contributed by atoms with E-state index in [0.29, 0.717) is 0 Å². The molecular weight excluding hydrogens is 819 g/mol. The number of aryl methyl sites for hydroxylation is 4. The number of aliphatic imine (C=N–C) groups is 2. The van der Waals surface area contributed by atoms with E-state index in [1.54, 1.807) is 0 Å². The van der Waals surface area contributed by atoms with Crippen molar-refractivity contribution in [1.29, 1.82) is 0 Å². The summed E-state index contributed by atoms with van der Waals surface area (Å²) in [4.78, 5) is 11.1. The monoisotopic (exact) mass is 923 g/mol. The molecule has 0 N–H and O–H groups in total. The summed E-state index contributed by atoms with van der Waals surface area (Å²) < 4.78 is 0. The molecule has 0 amide bonds. The summed E-state index contributed by atoms with van der Waals surface area (Å²) in [6, 6.07) is 14.5. The van der Waals surface area contributed by atoms with Gasteiger partial charge in [-0.05, 0) is 130 Å². The Kier molecular flexibility index (Phi) is 40.9. The maximum atomic E-state index is 5.58. The largest absolute Gasteiger partial charge is 0.251 e.